The van der Waals surface area contributed by atoms with Crippen LogP contribution in [0.4, 0.5) is 0 Å². The van der Waals surface area contributed by atoms with E-state index in [2.05, 4.69) is 25.9 Å². The highest BCUT2D eigenvalue weighted by Crippen LogP contribution is 1.95. The van der Waals surface area contributed by atoms with Gasteiger partial charge in [-0.05, 0) is 10.4 Å². The highest BCUT2D eigenvalue weighted by atomic mass is 16.2. The van der Waals surface area contributed by atoms with Gasteiger partial charge in [0, 0.05) is 12.8 Å². The molecule has 0 radical (unpaired) electrons. The van der Waals surface area contributed by atoms with E-state index in [0.29, 0.717) is 12.8 Å². The molecule has 0 saturated carbocycles. The second-order valence-corrected chi connectivity index (χ2v) is 2.03. The van der Waals surface area contributed by atoms with Gasteiger partial charge in [-0.3, -0.25) is 14.9 Å². The van der Waals surface area contributed by atoms with Crippen LogP contribution in [0, 0.1) is 0 Å². The fourth-order valence-electron chi connectivity index (χ4n) is 0.637. The average molecular weight is 169 g/mol. The van der Waals surface area contributed by atoms with Crippen LogP contribution in [0.1, 0.15) is 12.8 Å². The molecule has 1 saturated heterocycles. The monoisotopic (exact) mass is 169 g/mol. The van der Waals surface area contributed by atoms with Gasteiger partial charge in [-0.1, -0.05) is 0 Å². The smallest absolute Gasteiger partial charge is 0.227 e. The molecule has 1 aliphatic heterocycles. The van der Waals surface area contributed by atoms with Gasteiger partial charge in [-0.15, -0.1) is 5.10 Å². The van der Waals surface area contributed by atoms with Crippen LogP contribution in [0.3, 0.4) is 0 Å². The maximum atomic E-state index is 10.1. The Balaban J connectivity index is 0.000000127. The topological polar surface area (TPSA) is 101 Å². The Labute approximate surface area is 67.5 Å². The quantitative estimate of drug-likeness (QED) is 0.466. The molecule has 0 atom stereocenters. The Morgan fingerprint density at radius 2 is 1.92 bits per heavy atom. The maximum Gasteiger partial charge on any atom is 0.227 e. The molecule has 1 aromatic heterocycles. The molecular formula is C5H7N5O2. The van der Waals surface area contributed by atoms with E-state index < -0.39 is 0 Å². The van der Waals surface area contributed by atoms with Crippen molar-refractivity contribution in [3.63, 3.8) is 0 Å². The fourth-order valence-corrected chi connectivity index (χ4v) is 0.637. The number of rotatable bonds is 0. The molecule has 1 fully saturated rings. The number of hydrogen-bond donors (Lipinski definition) is 2. The third-order valence-corrected chi connectivity index (χ3v) is 1.13. The highest BCUT2D eigenvalue weighted by molar-refractivity contribution is 6.01. The number of carbonyl (C=O) groups is 2. The highest BCUT2D eigenvalue weighted by Gasteiger charge is 2.15. The normalized spacial score (nSPS) is 15.0. The van der Waals surface area contributed by atoms with E-state index in [0.717, 1.165) is 0 Å². The van der Waals surface area contributed by atoms with Crippen LogP contribution >= 0.6 is 0 Å². The number of carbonyl (C=O) groups excluding carboxylic acids is 2. The van der Waals surface area contributed by atoms with Gasteiger partial charge in [0.05, 0.1) is 0 Å². The molecule has 1 aromatic rings. The summed E-state index contributed by atoms with van der Waals surface area (Å²) >= 11 is 0. The lowest BCUT2D eigenvalue weighted by Crippen LogP contribution is -2.18. The van der Waals surface area contributed by atoms with Crippen LogP contribution in [0.2, 0.25) is 0 Å². The summed E-state index contributed by atoms with van der Waals surface area (Å²) in [5.41, 5.74) is 0. The van der Waals surface area contributed by atoms with E-state index in [-0.39, 0.29) is 11.8 Å². The van der Waals surface area contributed by atoms with Crippen LogP contribution < -0.4 is 5.32 Å². The van der Waals surface area contributed by atoms with Gasteiger partial charge in [0.25, 0.3) is 0 Å². The number of amides is 2. The Bertz CT molecular complexity index is 226. The molecule has 2 rings (SSSR count). The summed E-state index contributed by atoms with van der Waals surface area (Å²) in [4.78, 5) is 20.2. The summed E-state index contributed by atoms with van der Waals surface area (Å²) in [7, 11) is 0. The second-order valence-electron chi connectivity index (χ2n) is 2.03. The molecule has 0 spiro atoms. The molecular weight excluding hydrogens is 162 g/mol. The Morgan fingerprint density at radius 1 is 1.25 bits per heavy atom. The van der Waals surface area contributed by atoms with Crippen molar-refractivity contribution in [1.29, 1.82) is 0 Å². The lowest BCUT2D eigenvalue weighted by Gasteiger charge is -1.79. The van der Waals surface area contributed by atoms with E-state index >= 15 is 0 Å². The van der Waals surface area contributed by atoms with Gasteiger partial charge < -0.3 is 0 Å². The SMILES string of the molecule is O=C1CCC(=O)N1.c1nnn[nH]1. The molecule has 12 heavy (non-hydrogen) atoms. The number of nitrogens with one attached hydrogen (secondary N) is 2. The average Bonchev–Trinajstić information content (AvgIpc) is 2.63. The van der Waals surface area contributed by atoms with Crippen LogP contribution in [-0.4, -0.2) is 32.4 Å². The maximum absolute atomic E-state index is 10.1. The zero-order valence-corrected chi connectivity index (χ0v) is 6.15. The first-order chi connectivity index (χ1) is 5.79. The van der Waals surface area contributed by atoms with Crippen molar-refractivity contribution in [2.24, 2.45) is 0 Å². The Hall–Kier alpha value is -1.79. The third kappa shape index (κ3) is 2.86. The molecule has 7 heteroatoms. The lowest BCUT2D eigenvalue weighted by molar-refractivity contribution is -0.124. The van der Waals surface area contributed by atoms with Gasteiger partial charge in [0.1, 0.15) is 6.33 Å². The molecule has 64 valence electrons. The van der Waals surface area contributed by atoms with Crippen molar-refractivity contribution in [1.82, 2.24) is 25.9 Å². The van der Waals surface area contributed by atoms with Gasteiger partial charge >= 0.3 is 0 Å². The third-order valence-electron chi connectivity index (χ3n) is 1.13. The number of nitrogens with zero attached hydrogens (tertiary/aromatic N) is 3. The zero-order valence-electron chi connectivity index (χ0n) is 6.15. The summed E-state index contributed by atoms with van der Waals surface area (Å²) in [6.07, 6.45) is 2.15. The van der Waals surface area contributed by atoms with E-state index in [1.807, 2.05) is 0 Å². The van der Waals surface area contributed by atoms with Crippen LogP contribution in [-0.2, 0) is 9.59 Å². The first-order valence-electron chi connectivity index (χ1n) is 3.29. The van der Waals surface area contributed by atoms with E-state index in [1.54, 1.807) is 0 Å². The van der Waals surface area contributed by atoms with Crippen molar-refractivity contribution in [3.05, 3.63) is 6.33 Å². The second kappa shape index (κ2) is 4.16. The molecule has 2 N–H and O–H groups in total. The summed E-state index contributed by atoms with van der Waals surface area (Å²) in [6, 6.07) is 0. The predicted octanol–water partition coefficient (Wildman–Crippen LogP) is -1.38. The largest absolute Gasteiger partial charge is 0.296 e. The van der Waals surface area contributed by atoms with Crippen molar-refractivity contribution < 1.29 is 9.59 Å². The number of aromatic amines is 1. The molecule has 7 nitrogen and oxygen atoms in total. The summed E-state index contributed by atoms with van der Waals surface area (Å²) in [6.45, 7) is 0. The van der Waals surface area contributed by atoms with Gasteiger partial charge in [-0.25, -0.2) is 5.10 Å². The van der Waals surface area contributed by atoms with Crippen LogP contribution in [0.15, 0.2) is 6.33 Å². The van der Waals surface area contributed by atoms with Crippen LogP contribution in [0.5, 0.6) is 0 Å². The Kier molecular flexibility index (Phi) is 2.88. The predicted molar refractivity (Wildman–Crippen MR) is 36.6 cm³/mol. The van der Waals surface area contributed by atoms with Gasteiger partial charge in [0.2, 0.25) is 11.8 Å². The molecule has 0 bridgehead atoms. The minimum absolute atomic E-state index is 0.148. The number of aromatic nitrogens is 4. The van der Waals surface area contributed by atoms with Gasteiger partial charge in [-0.2, -0.15) is 0 Å². The van der Waals surface area contributed by atoms with Gasteiger partial charge in [0.15, 0.2) is 0 Å². The van der Waals surface area contributed by atoms with E-state index in [4.69, 9.17) is 0 Å². The first kappa shape index (κ1) is 8.31. The molecule has 2 amide bonds. The van der Waals surface area contributed by atoms with Crippen molar-refractivity contribution in [3.8, 4) is 0 Å². The lowest BCUT2D eigenvalue weighted by atomic mass is 10.4. The van der Waals surface area contributed by atoms with Crippen molar-refractivity contribution >= 4 is 11.8 Å². The molecule has 0 aliphatic carbocycles. The van der Waals surface area contributed by atoms with E-state index in [1.165, 1.54) is 6.33 Å². The first-order valence-corrected chi connectivity index (χ1v) is 3.29. The standard InChI is InChI=1S/C4H5NO2.CH2N4/c6-3-1-2-4(7)5-3;1-2-4-5-3-1/h1-2H2,(H,5,6,7);1H,(H,2,3,4,5). The fraction of sp³-hybridized carbons (Fsp3) is 0.400. The van der Waals surface area contributed by atoms with Crippen molar-refractivity contribution in [2.45, 2.75) is 12.8 Å². The molecule has 1 aliphatic rings. The number of H-pyrrole nitrogens is 1. The molecule has 0 unspecified atom stereocenters. The number of imide groups is 1. The van der Waals surface area contributed by atoms with Crippen LogP contribution in [0.25, 0.3) is 0 Å². The summed E-state index contributed by atoms with van der Waals surface area (Å²) in [5, 5.41) is 14.2. The summed E-state index contributed by atoms with van der Waals surface area (Å²) in [5.74, 6) is -0.296. The molecule has 2 heterocycles. The Morgan fingerprint density at radius 3 is 2.08 bits per heavy atom. The van der Waals surface area contributed by atoms with E-state index in [9.17, 15) is 9.59 Å². The zero-order chi connectivity index (χ0) is 8.81. The van der Waals surface area contributed by atoms with Crippen molar-refractivity contribution in [2.75, 3.05) is 0 Å². The minimum Gasteiger partial charge on any atom is -0.296 e. The minimum atomic E-state index is -0.148. The number of tetrazole rings is 1. The number of hydrogen-bond acceptors (Lipinski definition) is 5. The summed E-state index contributed by atoms with van der Waals surface area (Å²) < 4.78 is 0. The molecule has 0 aromatic carbocycles.